The lowest BCUT2D eigenvalue weighted by atomic mass is 9.83. The predicted molar refractivity (Wildman–Crippen MR) is 100 cm³/mol. The Morgan fingerprint density at radius 3 is 2.00 bits per heavy atom. The monoisotopic (exact) mass is 334 g/mol. The van der Waals surface area contributed by atoms with Crippen molar-refractivity contribution in [1.29, 1.82) is 0 Å². The van der Waals surface area contributed by atoms with Gasteiger partial charge in [-0.25, -0.2) is 0 Å². The Labute approximate surface area is 143 Å². The van der Waals surface area contributed by atoms with Crippen LogP contribution in [0.2, 0.25) is 0 Å². The van der Waals surface area contributed by atoms with Crippen molar-refractivity contribution < 1.29 is 5.11 Å². The molecule has 1 aromatic carbocycles. The second kappa shape index (κ2) is 6.91. The topological polar surface area (TPSA) is 20.2 Å². The Hall–Kier alpha value is -0.560. The summed E-state index contributed by atoms with van der Waals surface area (Å²) < 4.78 is 0.537. The first-order chi connectivity index (χ1) is 10.1. The molecule has 1 heterocycles. The highest BCUT2D eigenvalue weighted by Crippen LogP contribution is 2.49. The Balaban J connectivity index is 1.99. The molecule has 0 unspecified atom stereocenters. The van der Waals surface area contributed by atoms with Crippen molar-refractivity contribution in [3.63, 3.8) is 0 Å². The van der Waals surface area contributed by atoms with E-state index in [0.717, 1.165) is 11.5 Å². The van der Waals surface area contributed by atoms with Crippen LogP contribution in [0.3, 0.4) is 0 Å². The molecule has 0 saturated carbocycles. The van der Waals surface area contributed by atoms with Gasteiger partial charge in [0.15, 0.2) is 0 Å². The van der Waals surface area contributed by atoms with Gasteiger partial charge < -0.3 is 5.11 Å². The van der Waals surface area contributed by atoms with E-state index in [1.54, 1.807) is 13.8 Å². The van der Waals surface area contributed by atoms with Crippen LogP contribution in [-0.2, 0) is 0 Å². The first-order valence-corrected chi connectivity index (χ1v) is 9.84. The molecule has 0 atom stereocenters. The van der Waals surface area contributed by atoms with Gasteiger partial charge >= 0.3 is 0 Å². The molecule has 1 fully saturated rings. The fourth-order valence-electron chi connectivity index (χ4n) is 2.14. The zero-order chi connectivity index (χ0) is 16.4. The van der Waals surface area contributed by atoms with Gasteiger partial charge in [0.05, 0.1) is 4.58 Å². The SMILES string of the molecule is CC(C)(O)C#Cc1ccc(C2SCC(C(C)(C)C)CS2)cc1. The second-order valence-electron chi connectivity index (χ2n) is 7.49. The first kappa shape index (κ1) is 17.8. The molecule has 1 saturated heterocycles. The van der Waals surface area contributed by atoms with E-state index >= 15 is 0 Å². The maximum atomic E-state index is 9.65. The van der Waals surface area contributed by atoms with Crippen LogP contribution < -0.4 is 0 Å². The summed E-state index contributed by atoms with van der Waals surface area (Å²) in [6.07, 6.45) is 0. The summed E-state index contributed by atoms with van der Waals surface area (Å²) in [7, 11) is 0. The van der Waals surface area contributed by atoms with Crippen LogP contribution in [-0.4, -0.2) is 22.2 Å². The van der Waals surface area contributed by atoms with Gasteiger partial charge in [0.1, 0.15) is 5.60 Å². The highest BCUT2D eigenvalue weighted by molar-refractivity contribution is 8.16. The van der Waals surface area contributed by atoms with Gasteiger partial charge in [-0.05, 0) is 54.4 Å². The Morgan fingerprint density at radius 1 is 1.00 bits per heavy atom. The van der Waals surface area contributed by atoms with Gasteiger partial charge in [-0.1, -0.05) is 44.7 Å². The largest absolute Gasteiger partial charge is 0.378 e. The Morgan fingerprint density at radius 2 is 1.55 bits per heavy atom. The number of hydrogen-bond donors (Lipinski definition) is 1. The second-order valence-corrected chi connectivity index (χ2v) is 10.1. The molecule has 0 aromatic heterocycles. The van der Waals surface area contributed by atoms with Gasteiger partial charge in [-0.15, -0.1) is 23.5 Å². The zero-order valence-electron chi connectivity index (χ0n) is 14.1. The lowest BCUT2D eigenvalue weighted by molar-refractivity contribution is 0.143. The molecule has 0 aliphatic carbocycles. The highest BCUT2D eigenvalue weighted by atomic mass is 32.2. The van der Waals surface area contributed by atoms with Crippen molar-refractivity contribution in [2.75, 3.05) is 11.5 Å². The van der Waals surface area contributed by atoms with Crippen molar-refractivity contribution >= 4 is 23.5 Å². The Kier molecular flexibility index (Phi) is 5.59. The first-order valence-electron chi connectivity index (χ1n) is 7.74. The van der Waals surface area contributed by atoms with E-state index in [2.05, 4.69) is 80.4 Å². The summed E-state index contributed by atoms with van der Waals surface area (Å²) in [6, 6.07) is 8.48. The summed E-state index contributed by atoms with van der Waals surface area (Å²) in [5.41, 5.74) is 1.80. The van der Waals surface area contributed by atoms with Crippen LogP contribution in [0.1, 0.15) is 50.3 Å². The van der Waals surface area contributed by atoms with E-state index < -0.39 is 5.60 Å². The third-order valence-corrected chi connectivity index (χ3v) is 6.97. The standard InChI is InChI=1S/C19H26OS2/c1-18(2,3)16-12-21-17(22-13-16)15-8-6-14(7-9-15)10-11-19(4,5)20/h6-9,16-17,20H,12-13H2,1-5H3. The smallest absolute Gasteiger partial charge is 0.120 e. The molecule has 0 amide bonds. The number of aliphatic hydroxyl groups is 1. The van der Waals surface area contributed by atoms with Crippen molar-refractivity contribution in [2.24, 2.45) is 11.3 Å². The van der Waals surface area contributed by atoms with Crippen LogP contribution in [0.25, 0.3) is 0 Å². The zero-order valence-corrected chi connectivity index (χ0v) is 15.8. The van der Waals surface area contributed by atoms with Crippen molar-refractivity contribution in [2.45, 2.75) is 44.8 Å². The maximum Gasteiger partial charge on any atom is 0.120 e. The van der Waals surface area contributed by atoms with E-state index in [4.69, 9.17) is 0 Å². The molecule has 1 aromatic rings. The van der Waals surface area contributed by atoms with E-state index in [-0.39, 0.29) is 0 Å². The minimum Gasteiger partial charge on any atom is -0.378 e. The van der Waals surface area contributed by atoms with Crippen molar-refractivity contribution in [3.05, 3.63) is 35.4 Å². The molecule has 0 bridgehead atoms. The van der Waals surface area contributed by atoms with E-state index in [0.29, 0.717) is 10.00 Å². The maximum absolute atomic E-state index is 9.65. The summed E-state index contributed by atoms with van der Waals surface area (Å²) in [5, 5.41) is 9.65. The summed E-state index contributed by atoms with van der Waals surface area (Å²) >= 11 is 4.12. The minimum atomic E-state index is -0.935. The predicted octanol–water partition coefficient (Wildman–Crippen LogP) is 4.95. The fourth-order valence-corrected chi connectivity index (χ4v) is 5.90. The molecule has 0 radical (unpaired) electrons. The number of rotatable bonds is 1. The molecule has 1 aliphatic rings. The molecule has 120 valence electrons. The fraction of sp³-hybridized carbons (Fsp3) is 0.579. The minimum absolute atomic E-state index is 0.404. The van der Waals surface area contributed by atoms with Crippen LogP contribution in [0, 0.1) is 23.2 Å². The van der Waals surface area contributed by atoms with E-state index in [9.17, 15) is 5.11 Å². The molecule has 1 nitrogen and oxygen atoms in total. The normalized spacial score (nSPS) is 22.8. The van der Waals surface area contributed by atoms with E-state index in [1.165, 1.54) is 17.1 Å². The molecule has 22 heavy (non-hydrogen) atoms. The van der Waals surface area contributed by atoms with Gasteiger partial charge in [0.2, 0.25) is 0 Å². The van der Waals surface area contributed by atoms with Gasteiger partial charge in [0.25, 0.3) is 0 Å². The average Bonchev–Trinajstić information content (AvgIpc) is 2.44. The summed E-state index contributed by atoms with van der Waals surface area (Å²) in [4.78, 5) is 0. The molecule has 1 N–H and O–H groups in total. The molecular formula is C19H26OS2. The quantitative estimate of drug-likeness (QED) is 0.734. The van der Waals surface area contributed by atoms with Crippen LogP contribution in [0.4, 0.5) is 0 Å². The molecule has 0 spiro atoms. The van der Waals surface area contributed by atoms with Gasteiger partial charge in [0, 0.05) is 5.56 Å². The lowest BCUT2D eigenvalue weighted by Gasteiger charge is -2.36. The third kappa shape index (κ3) is 5.26. The van der Waals surface area contributed by atoms with Crippen LogP contribution >= 0.6 is 23.5 Å². The average molecular weight is 335 g/mol. The molecular weight excluding hydrogens is 308 g/mol. The van der Waals surface area contributed by atoms with Gasteiger partial charge in [-0.3, -0.25) is 0 Å². The summed E-state index contributed by atoms with van der Waals surface area (Å²) in [5.74, 6) is 9.15. The molecule has 3 heteroatoms. The number of hydrogen-bond acceptors (Lipinski definition) is 3. The van der Waals surface area contributed by atoms with Crippen molar-refractivity contribution in [1.82, 2.24) is 0 Å². The van der Waals surface area contributed by atoms with E-state index in [1.807, 2.05) is 0 Å². The number of thioether (sulfide) groups is 2. The van der Waals surface area contributed by atoms with Crippen LogP contribution in [0.15, 0.2) is 24.3 Å². The lowest BCUT2D eigenvalue weighted by Crippen LogP contribution is -2.27. The van der Waals surface area contributed by atoms with Crippen molar-refractivity contribution in [3.8, 4) is 11.8 Å². The Bertz CT molecular complexity index is 544. The third-order valence-electron chi connectivity index (χ3n) is 3.82. The molecule has 2 rings (SSSR count). The van der Waals surface area contributed by atoms with Crippen LogP contribution in [0.5, 0.6) is 0 Å². The summed E-state index contributed by atoms with van der Waals surface area (Å²) in [6.45, 7) is 10.4. The van der Waals surface area contributed by atoms with Gasteiger partial charge in [-0.2, -0.15) is 0 Å². The molecule has 1 aliphatic heterocycles. The number of benzene rings is 1. The highest BCUT2D eigenvalue weighted by Gasteiger charge is 2.31.